The van der Waals surface area contributed by atoms with Crippen LogP contribution in [0.2, 0.25) is 5.02 Å². The lowest BCUT2D eigenvalue weighted by molar-refractivity contribution is 0.0690. The minimum atomic E-state index is -3.88. The van der Waals surface area contributed by atoms with Crippen molar-refractivity contribution in [3.63, 3.8) is 0 Å². The van der Waals surface area contributed by atoms with Crippen molar-refractivity contribution >= 4 is 25.4 Å². The molecule has 0 saturated heterocycles. The number of carboxylic acids is 1. The molecule has 0 aliphatic rings. The lowest BCUT2D eigenvalue weighted by atomic mass is 10.1. The van der Waals surface area contributed by atoms with Gasteiger partial charge in [-0.3, -0.25) is 13.6 Å². The molecule has 1 aromatic carbocycles. The lowest BCUT2D eigenvalue weighted by Crippen LogP contribution is -2.06. The van der Waals surface area contributed by atoms with Crippen LogP contribution < -0.4 is 0 Å². The predicted octanol–water partition coefficient (Wildman–Crippen LogP) is 4.07. The van der Waals surface area contributed by atoms with Gasteiger partial charge in [0.05, 0.1) is 25.4 Å². The van der Waals surface area contributed by atoms with Gasteiger partial charge < -0.3 is 5.11 Å². The first kappa shape index (κ1) is 18.6. The van der Waals surface area contributed by atoms with Gasteiger partial charge in [0, 0.05) is 10.6 Å². The number of aromatic carboxylic acids is 1. The molecule has 1 rings (SSSR count). The Morgan fingerprint density at radius 2 is 1.82 bits per heavy atom. The van der Waals surface area contributed by atoms with Crippen molar-refractivity contribution in [1.29, 1.82) is 0 Å². The quantitative estimate of drug-likeness (QED) is 0.508. The van der Waals surface area contributed by atoms with E-state index < -0.39 is 13.8 Å². The third kappa shape index (κ3) is 5.40. The van der Waals surface area contributed by atoms with E-state index in [9.17, 15) is 9.36 Å². The second-order valence-electron chi connectivity index (χ2n) is 3.96. The Balaban J connectivity index is 2.93. The maximum absolute atomic E-state index is 12.3. The Bertz CT molecular complexity index is 585. The van der Waals surface area contributed by atoms with E-state index in [1.54, 1.807) is 0 Å². The van der Waals surface area contributed by atoms with Gasteiger partial charge >= 0.3 is 13.8 Å². The molecule has 0 atom stereocenters. The van der Waals surface area contributed by atoms with Crippen molar-refractivity contribution in [1.82, 2.24) is 0 Å². The maximum Gasteiger partial charge on any atom is 0.475 e. The number of hydrogen-bond donors (Lipinski definition) is 1. The van der Waals surface area contributed by atoms with Crippen LogP contribution in [0.25, 0.3) is 0 Å². The van der Waals surface area contributed by atoms with Gasteiger partial charge in [-0.1, -0.05) is 29.8 Å². The summed E-state index contributed by atoms with van der Waals surface area (Å²) in [6.45, 7) is 6.43. The van der Waals surface area contributed by atoms with E-state index in [-0.39, 0.29) is 36.0 Å². The van der Waals surface area contributed by atoms with Crippen LogP contribution in [0.15, 0.2) is 43.5 Å². The number of carbonyl (C=O) groups is 1. The maximum atomic E-state index is 12.3. The molecule has 0 radical (unpaired) electrons. The number of phosphoric ester groups is 1. The molecule has 120 valence electrons. The molecule has 1 N–H and O–H groups in total. The van der Waals surface area contributed by atoms with Crippen LogP contribution in [-0.4, -0.2) is 24.3 Å². The van der Waals surface area contributed by atoms with Gasteiger partial charge in [0.1, 0.15) is 0 Å². The van der Waals surface area contributed by atoms with Gasteiger partial charge in [-0.2, -0.15) is 0 Å². The van der Waals surface area contributed by atoms with Gasteiger partial charge in [0.2, 0.25) is 0 Å². The topological polar surface area (TPSA) is 82.1 Å². The third-order valence-electron chi connectivity index (χ3n) is 2.42. The molecule has 1 aromatic rings. The Labute approximate surface area is 133 Å². The number of halogens is 1. The van der Waals surface area contributed by atoms with Gasteiger partial charge in [0.25, 0.3) is 0 Å². The molecule has 0 amide bonds. The van der Waals surface area contributed by atoms with E-state index in [0.717, 1.165) is 0 Å². The standard InChI is InChI=1S/C14H16ClO6P/c1-3-8-19-22(18,20-9-4-2)21-10-12-11(14(16)17)6-5-7-13(12)15/h3-7H,1-2,8-10H2,(H,16,17). The number of carboxylic acid groups (broad SMARTS) is 1. The summed E-state index contributed by atoms with van der Waals surface area (Å²) in [4.78, 5) is 11.2. The Kier molecular flexibility index (Phi) is 7.51. The Morgan fingerprint density at radius 3 is 2.32 bits per heavy atom. The predicted molar refractivity (Wildman–Crippen MR) is 83.1 cm³/mol. The zero-order valence-electron chi connectivity index (χ0n) is 11.7. The van der Waals surface area contributed by atoms with E-state index in [2.05, 4.69) is 13.2 Å². The molecule has 0 unspecified atom stereocenters. The van der Waals surface area contributed by atoms with Crippen LogP contribution in [0.4, 0.5) is 0 Å². The molecule has 0 aromatic heterocycles. The Morgan fingerprint density at radius 1 is 1.23 bits per heavy atom. The van der Waals surface area contributed by atoms with Crippen LogP contribution in [0.3, 0.4) is 0 Å². The fourth-order valence-corrected chi connectivity index (χ4v) is 2.76. The van der Waals surface area contributed by atoms with Gasteiger partial charge in [-0.25, -0.2) is 9.36 Å². The summed E-state index contributed by atoms with van der Waals surface area (Å²) in [6.07, 6.45) is 2.76. The van der Waals surface area contributed by atoms with Gasteiger partial charge in [-0.05, 0) is 12.1 Å². The highest BCUT2D eigenvalue weighted by Gasteiger charge is 2.27. The summed E-state index contributed by atoms with van der Waals surface area (Å²) in [5.74, 6) is -1.17. The van der Waals surface area contributed by atoms with E-state index in [0.29, 0.717) is 0 Å². The number of benzene rings is 1. The van der Waals surface area contributed by atoms with E-state index >= 15 is 0 Å². The fourth-order valence-electron chi connectivity index (χ4n) is 1.45. The highest BCUT2D eigenvalue weighted by Crippen LogP contribution is 2.50. The average Bonchev–Trinajstić information content (AvgIpc) is 2.49. The zero-order valence-corrected chi connectivity index (χ0v) is 13.4. The second kappa shape index (κ2) is 8.88. The molecular weight excluding hydrogens is 331 g/mol. The molecule has 22 heavy (non-hydrogen) atoms. The summed E-state index contributed by atoms with van der Waals surface area (Å²) in [7, 11) is -3.88. The summed E-state index contributed by atoms with van der Waals surface area (Å²) in [5.41, 5.74) is 0.132. The first-order valence-corrected chi connectivity index (χ1v) is 8.03. The number of rotatable bonds is 10. The summed E-state index contributed by atoms with van der Waals surface area (Å²) >= 11 is 5.96. The van der Waals surface area contributed by atoms with E-state index in [4.69, 9.17) is 30.3 Å². The zero-order chi connectivity index (χ0) is 16.6. The van der Waals surface area contributed by atoms with E-state index in [1.165, 1.54) is 30.4 Å². The molecule has 0 heterocycles. The van der Waals surface area contributed by atoms with Crippen LogP contribution in [-0.2, 0) is 24.7 Å². The highest BCUT2D eigenvalue weighted by molar-refractivity contribution is 7.48. The molecule has 0 aliphatic heterocycles. The van der Waals surface area contributed by atoms with Gasteiger partial charge in [-0.15, -0.1) is 13.2 Å². The molecular formula is C14H16ClO6P. The molecule has 0 bridgehead atoms. The van der Waals surface area contributed by atoms with Crippen molar-refractivity contribution in [2.24, 2.45) is 0 Å². The van der Waals surface area contributed by atoms with Crippen LogP contribution in [0, 0.1) is 0 Å². The summed E-state index contributed by atoms with van der Waals surface area (Å²) < 4.78 is 27.5. The Hall–Kier alpha value is -1.43. The summed E-state index contributed by atoms with van der Waals surface area (Å²) in [5, 5.41) is 9.31. The lowest BCUT2D eigenvalue weighted by Gasteiger charge is -2.17. The van der Waals surface area contributed by atoms with Crippen molar-refractivity contribution in [3.8, 4) is 0 Å². The number of hydrogen-bond acceptors (Lipinski definition) is 5. The monoisotopic (exact) mass is 346 g/mol. The largest absolute Gasteiger partial charge is 0.478 e. The van der Waals surface area contributed by atoms with Crippen LogP contribution in [0.5, 0.6) is 0 Å². The normalized spacial score (nSPS) is 11.1. The number of phosphoric acid groups is 1. The average molecular weight is 347 g/mol. The first-order valence-electron chi connectivity index (χ1n) is 6.19. The van der Waals surface area contributed by atoms with Crippen LogP contribution >= 0.6 is 19.4 Å². The first-order chi connectivity index (χ1) is 10.4. The van der Waals surface area contributed by atoms with Crippen molar-refractivity contribution in [3.05, 3.63) is 59.7 Å². The minimum Gasteiger partial charge on any atom is -0.478 e. The second-order valence-corrected chi connectivity index (χ2v) is 6.04. The molecule has 8 heteroatoms. The smallest absolute Gasteiger partial charge is 0.475 e. The van der Waals surface area contributed by atoms with Crippen molar-refractivity contribution in [2.75, 3.05) is 13.2 Å². The molecule has 0 spiro atoms. The fraction of sp³-hybridized carbons (Fsp3) is 0.214. The molecule has 0 aliphatic carbocycles. The van der Waals surface area contributed by atoms with Crippen molar-refractivity contribution < 1.29 is 28.0 Å². The van der Waals surface area contributed by atoms with Crippen LogP contribution in [0.1, 0.15) is 15.9 Å². The van der Waals surface area contributed by atoms with Crippen molar-refractivity contribution in [2.45, 2.75) is 6.61 Å². The molecule has 0 fully saturated rings. The SMILES string of the molecule is C=CCOP(=O)(OCC=C)OCc1c(Cl)cccc1C(=O)O. The van der Waals surface area contributed by atoms with E-state index in [1.807, 2.05) is 0 Å². The summed E-state index contributed by atoms with van der Waals surface area (Å²) in [6, 6.07) is 4.37. The highest BCUT2D eigenvalue weighted by atomic mass is 35.5. The minimum absolute atomic E-state index is 0.0495. The molecule has 0 saturated carbocycles. The third-order valence-corrected chi connectivity index (χ3v) is 4.15. The van der Waals surface area contributed by atoms with Gasteiger partial charge in [0.15, 0.2) is 0 Å². The molecule has 6 nitrogen and oxygen atoms in total.